The van der Waals surface area contributed by atoms with Crippen LogP contribution in [0.5, 0.6) is 0 Å². The SMILES string of the molecule is O=C1CCCC/C1=C\c1ccncc1. The zero-order chi connectivity index (χ0) is 9.80. The molecular formula is C12H13NO. The highest BCUT2D eigenvalue weighted by Crippen LogP contribution is 2.21. The van der Waals surface area contributed by atoms with Gasteiger partial charge in [0.25, 0.3) is 0 Å². The van der Waals surface area contributed by atoms with Crippen molar-refractivity contribution in [2.24, 2.45) is 0 Å². The molecule has 1 aliphatic carbocycles. The highest BCUT2D eigenvalue weighted by atomic mass is 16.1. The van der Waals surface area contributed by atoms with Gasteiger partial charge < -0.3 is 0 Å². The molecule has 0 unspecified atom stereocenters. The maximum Gasteiger partial charge on any atom is 0.158 e. The lowest BCUT2D eigenvalue weighted by molar-refractivity contribution is -0.116. The number of ketones is 1. The first-order chi connectivity index (χ1) is 6.86. The maximum atomic E-state index is 11.5. The lowest BCUT2D eigenvalue weighted by atomic mass is 9.92. The smallest absolute Gasteiger partial charge is 0.158 e. The van der Waals surface area contributed by atoms with Gasteiger partial charge in [0.05, 0.1) is 0 Å². The number of rotatable bonds is 1. The number of aromatic nitrogens is 1. The zero-order valence-electron chi connectivity index (χ0n) is 8.07. The summed E-state index contributed by atoms with van der Waals surface area (Å²) < 4.78 is 0. The van der Waals surface area contributed by atoms with Crippen molar-refractivity contribution in [1.82, 2.24) is 4.98 Å². The van der Waals surface area contributed by atoms with E-state index in [0.717, 1.165) is 36.8 Å². The fourth-order valence-corrected chi connectivity index (χ4v) is 1.71. The van der Waals surface area contributed by atoms with Crippen LogP contribution in [0, 0.1) is 0 Å². The highest BCUT2D eigenvalue weighted by molar-refractivity contribution is 6.00. The minimum absolute atomic E-state index is 0.313. The van der Waals surface area contributed by atoms with Crippen LogP contribution in [-0.2, 0) is 4.79 Å². The number of carbonyl (C=O) groups is 1. The van der Waals surface area contributed by atoms with Gasteiger partial charge in [-0.1, -0.05) is 0 Å². The molecule has 0 atom stereocenters. The van der Waals surface area contributed by atoms with Crippen molar-refractivity contribution >= 4 is 11.9 Å². The molecule has 1 fully saturated rings. The Kier molecular flexibility index (Phi) is 2.73. The van der Waals surface area contributed by atoms with Gasteiger partial charge >= 0.3 is 0 Å². The molecule has 0 spiro atoms. The van der Waals surface area contributed by atoms with Crippen LogP contribution in [0.1, 0.15) is 31.2 Å². The number of hydrogen-bond acceptors (Lipinski definition) is 2. The van der Waals surface area contributed by atoms with E-state index in [1.54, 1.807) is 12.4 Å². The monoisotopic (exact) mass is 187 g/mol. The average molecular weight is 187 g/mol. The summed E-state index contributed by atoms with van der Waals surface area (Å²) in [7, 11) is 0. The van der Waals surface area contributed by atoms with Gasteiger partial charge in [-0.15, -0.1) is 0 Å². The van der Waals surface area contributed by atoms with Gasteiger partial charge in [-0.2, -0.15) is 0 Å². The average Bonchev–Trinajstić information content (AvgIpc) is 2.23. The molecule has 0 amide bonds. The van der Waals surface area contributed by atoms with E-state index in [9.17, 15) is 4.79 Å². The molecule has 0 saturated heterocycles. The van der Waals surface area contributed by atoms with Crippen LogP contribution in [0.25, 0.3) is 6.08 Å². The van der Waals surface area contributed by atoms with E-state index in [4.69, 9.17) is 0 Å². The summed E-state index contributed by atoms with van der Waals surface area (Å²) in [6.45, 7) is 0. The molecule has 0 aliphatic heterocycles. The predicted octanol–water partition coefficient (Wildman–Crippen LogP) is 2.61. The molecule has 1 heterocycles. The molecular weight excluding hydrogens is 174 g/mol. The Morgan fingerprint density at radius 3 is 2.57 bits per heavy atom. The first-order valence-corrected chi connectivity index (χ1v) is 5.00. The summed E-state index contributed by atoms with van der Waals surface area (Å²) in [6, 6.07) is 3.85. The molecule has 1 aromatic rings. The first-order valence-electron chi connectivity index (χ1n) is 5.00. The van der Waals surface area contributed by atoms with Crippen LogP contribution in [0.15, 0.2) is 30.1 Å². The largest absolute Gasteiger partial charge is 0.295 e. The maximum absolute atomic E-state index is 11.5. The number of allylic oxidation sites excluding steroid dienone is 1. The number of Topliss-reactive ketones (excluding diaryl/α,β-unsaturated/α-hetero) is 1. The van der Waals surface area contributed by atoms with Crippen LogP contribution in [-0.4, -0.2) is 10.8 Å². The van der Waals surface area contributed by atoms with E-state index in [-0.39, 0.29) is 0 Å². The third-order valence-corrected chi connectivity index (χ3v) is 2.51. The molecule has 14 heavy (non-hydrogen) atoms. The minimum Gasteiger partial charge on any atom is -0.295 e. The Bertz CT molecular complexity index is 354. The third-order valence-electron chi connectivity index (χ3n) is 2.51. The summed E-state index contributed by atoms with van der Waals surface area (Å²) in [6.07, 6.45) is 9.33. The molecule has 1 saturated carbocycles. The van der Waals surface area contributed by atoms with Crippen molar-refractivity contribution in [2.75, 3.05) is 0 Å². The van der Waals surface area contributed by atoms with Crippen molar-refractivity contribution in [3.63, 3.8) is 0 Å². The van der Waals surface area contributed by atoms with Gasteiger partial charge in [-0.05, 0) is 48.6 Å². The molecule has 2 heteroatoms. The van der Waals surface area contributed by atoms with Gasteiger partial charge in [0.15, 0.2) is 5.78 Å². The predicted molar refractivity (Wildman–Crippen MR) is 55.7 cm³/mol. The topological polar surface area (TPSA) is 30.0 Å². The Morgan fingerprint density at radius 1 is 1.14 bits per heavy atom. The quantitative estimate of drug-likeness (QED) is 0.632. The van der Waals surface area contributed by atoms with Gasteiger partial charge in [0.1, 0.15) is 0 Å². The normalized spacial score (nSPS) is 20.0. The Hall–Kier alpha value is -1.44. The lowest BCUT2D eigenvalue weighted by Gasteiger charge is -2.12. The van der Waals surface area contributed by atoms with Crippen molar-refractivity contribution < 1.29 is 4.79 Å². The second kappa shape index (κ2) is 4.18. The Balaban J connectivity index is 2.21. The summed E-state index contributed by atoms with van der Waals surface area (Å²) in [5.41, 5.74) is 2.05. The molecule has 2 rings (SSSR count). The highest BCUT2D eigenvalue weighted by Gasteiger charge is 2.14. The standard InChI is InChI=1S/C12H13NO/c14-12-4-2-1-3-11(12)9-10-5-7-13-8-6-10/h5-9H,1-4H2/b11-9+. The van der Waals surface area contributed by atoms with Gasteiger partial charge in [0.2, 0.25) is 0 Å². The van der Waals surface area contributed by atoms with E-state index in [1.165, 1.54) is 0 Å². The van der Waals surface area contributed by atoms with E-state index in [0.29, 0.717) is 5.78 Å². The zero-order valence-corrected chi connectivity index (χ0v) is 8.07. The summed E-state index contributed by atoms with van der Waals surface area (Å²) in [5, 5.41) is 0. The van der Waals surface area contributed by atoms with E-state index in [1.807, 2.05) is 18.2 Å². The molecule has 1 aromatic heterocycles. The Labute approximate surface area is 83.7 Å². The number of nitrogens with zero attached hydrogens (tertiary/aromatic N) is 1. The van der Waals surface area contributed by atoms with Gasteiger partial charge in [-0.25, -0.2) is 0 Å². The number of pyridine rings is 1. The molecule has 0 aromatic carbocycles. The first kappa shape index (κ1) is 9.13. The van der Waals surface area contributed by atoms with Crippen molar-refractivity contribution in [1.29, 1.82) is 0 Å². The van der Waals surface area contributed by atoms with E-state index >= 15 is 0 Å². The molecule has 2 nitrogen and oxygen atoms in total. The summed E-state index contributed by atoms with van der Waals surface area (Å²) in [4.78, 5) is 15.5. The second-order valence-corrected chi connectivity index (χ2v) is 3.58. The lowest BCUT2D eigenvalue weighted by Crippen LogP contribution is -2.07. The van der Waals surface area contributed by atoms with E-state index in [2.05, 4.69) is 4.98 Å². The number of carbonyl (C=O) groups excluding carboxylic acids is 1. The molecule has 1 aliphatic rings. The second-order valence-electron chi connectivity index (χ2n) is 3.58. The molecule has 0 radical (unpaired) electrons. The van der Waals surface area contributed by atoms with Crippen LogP contribution in [0.4, 0.5) is 0 Å². The van der Waals surface area contributed by atoms with Crippen molar-refractivity contribution in [2.45, 2.75) is 25.7 Å². The van der Waals surface area contributed by atoms with Gasteiger partial charge in [-0.3, -0.25) is 9.78 Å². The fraction of sp³-hybridized carbons (Fsp3) is 0.333. The molecule has 0 N–H and O–H groups in total. The number of hydrogen-bond donors (Lipinski definition) is 0. The van der Waals surface area contributed by atoms with Gasteiger partial charge in [0, 0.05) is 18.8 Å². The Morgan fingerprint density at radius 2 is 1.86 bits per heavy atom. The molecule has 0 bridgehead atoms. The fourth-order valence-electron chi connectivity index (χ4n) is 1.71. The van der Waals surface area contributed by atoms with Crippen molar-refractivity contribution in [3.8, 4) is 0 Å². The van der Waals surface area contributed by atoms with E-state index < -0.39 is 0 Å². The van der Waals surface area contributed by atoms with Crippen molar-refractivity contribution in [3.05, 3.63) is 35.7 Å². The van der Waals surface area contributed by atoms with Crippen LogP contribution in [0.3, 0.4) is 0 Å². The van der Waals surface area contributed by atoms with Crippen LogP contribution in [0.2, 0.25) is 0 Å². The van der Waals surface area contributed by atoms with Crippen LogP contribution < -0.4 is 0 Å². The molecule has 72 valence electrons. The third kappa shape index (κ3) is 2.08. The summed E-state index contributed by atoms with van der Waals surface area (Å²) >= 11 is 0. The summed E-state index contributed by atoms with van der Waals surface area (Å²) in [5.74, 6) is 0.313. The minimum atomic E-state index is 0.313. The van der Waals surface area contributed by atoms with Crippen LogP contribution >= 0.6 is 0 Å².